The SMILES string of the molecule is O=C(O)OCc1ccc(OC=CC[Se]c2cc(F)cc(F)c2)cc1. The third kappa shape index (κ3) is 6.40. The van der Waals surface area contributed by atoms with Crippen LogP contribution in [0.1, 0.15) is 5.56 Å². The maximum atomic E-state index is 13.0. The summed E-state index contributed by atoms with van der Waals surface area (Å²) in [4.78, 5) is 10.3. The van der Waals surface area contributed by atoms with Crippen molar-refractivity contribution in [2.24, 2.45) is 0 Å². The van der Waals surface area contributed by atoms with Gasteiger partial charge in [0.1, 0.15) is 0 Å². The summed E-state index contributed by atoms with van der Waals surface area (Å²) in [5.41, 5.74) is 0.713. The molecule has 0 spiro atoms. The van der Waals surface area contributed by atoms with Crippen molar-refractivity contribution >= 4 is 25.6 Å². The molecule has 0 bridgehead atoms. The molecular weight excluding hydrogens is 385 g/mol. The van der Waals surface area contributed by atoms with E-state index in [0.717, 1.165) is 6.07 Å². The van der Waals surface area contributed by atoms with Crippen LogP contribution in [0.4, 0.5) is 13.6 Å². The van der Waals surface area contributed by atoms with Crippen molar-refractivity contribution in [3.63, 3.8) is 0 Å². The predicted octanol–water partition coefficient (Wildman–Crippen LogP) is 3.50. The Labute approximate surface area is 143 Å². The van der Waals surface area contributed by atoms with Crippen LogP contribution in [0.25, 0.3) is 0 Å². The van der Waals surface area contributed by atoms with Crippen LogP contribution in [0, 0.1) is 11.6 Å². The molecule has 0 saturated carbocycles. The summed E-state index contributed by atoms with van der Waals surface area (Å²) in [5.74, 6) is -0.548. The first kappa shape index (κ1) is 18.0. The van der Waals surface area contributed by atoms with E-state index in [2.05, 4.69) is 4.74 Å². The van der Waals surface area contributed by atoms with Crippen molar-refractivity contribution in [3.05, 3.63) is 72.0 Å². The molecule has 0 saturated heterocycles. The van der Waals surface area contributed by atoms with Crippen LogP contribution >= 0.6 is 0 Å². The van der Waals surface area contributed by atoms with Gasteiger partial charge in [0.2, 0.25) is 0 Å². The molecule has 0 amide bonds. The fraction of sp³-hybridized carbons (Fsp3) is 0.118. The van der Waals surface area contributed by atoms with Crippen molar-refractivity contribution in [1.29, 1.82) is 0 Å². The van der Waals surface area contributed by atoms with E-state index in [4.69, 9.17) is 9.84 Å². The molecule has 0 heterocycles. The van der Waals surface area contributed by atoms with Gasteiger partial charge < -0.3 is 0 Å². The van der Waals surface area contributed by atoms with Gasteiger partial charge in [0.25, 0.3) is 0 Å². The summed E-state index contributed by atoms with van der Waals surface area (Å²) in [7, 11) is 0. The van der Waals surface area contributed by atoms with Crippen molar-refractivity contribution in [2.75, 3.05) is 0 Å². The summed E-state index contributed by atoms with van der Waals surface area (Å²) in [6, 6.07) is 10.3. The standard InChI is InChI=1S/C17H14F2O4Se/c18-13-8-14(19)10-16(9-13)24-7-1-6-22-15-4-2-12(3-5-15)11-23-17(20)21/h1-6,8-10H,7,11H2,(H,20,21). The van der Waals surface area contributed by atoms with Crippen molar-refractivity contribution in [3.8, 4) is 5.75 Å². The van der Waals surface area contributed by atoms with Crippen LogP contribution in [-0.2, 0) is 11.3 Å². The van der Waals surface area contributed by atoms with E-state index in [0.29, 0.717) is 21.1 Å². The Hall–Kier alpha value is -2.37. The third-order valence-electron chi connectivity index (χ3n) is 2.77. The van der Waals surface area contributed by atoms with E-state index in [1.807, 2.05) is 0 Å². The van der Waals surface area contributed by atoms with Crippen molar-refractivity contribution in [1.82, 2.24) is 0 Å². The van der Waals surface area contributed by atoms with Crippen LogP contribution in [-0.4, -0.2) is 26.2 Å². The fourth-order valence-corrected chi connectivity index (χ4v) is 3.32. The molecule has 2 aromatic carbocycles. The number of benzene rings is 2. The quantitative estimate of drug-likeness (QED) is 0.440. The molecule has 7 heteroatoms. The molecular formula is C17H14F2O4Se. The second kappa shape index (κ2) is 9.05. The van der Waals surface area contributed by atoms with E-state index in [1.165, 1.54) is 18.4 Å². The van der Waals surface area contributed by atoms with Crippen LogP contribution in [0.2, 0.25) is 5.32 Å². The first-order valence-electron chi connectivity index (χ1n) is 6.88. The Morgan fingerprint density at radius 1 is 1.12 bits per heavy atom. The van der Waals surface area contributed by atoms with Gasteiger partial charge in [0.15, 0.2) is 0 Å². The Bertz CT molecular complexity index is 697. The van der Waals surface area contributed by atoms with Gasteiger partial charge in [0, 0.05) is 0 Å². The average molecular weight is 399 g/mol. The van der Waals surface area contributed by atoms with E-state index in [1.54, 1.807) is 30.3 Å². The molecule has 2 rings (SSSR count). The number of allylic oxidation sites excluding steroid dienone is 1. The van der Waals surface area contributed by atoms with Crippen molar-refractivity contribution in [2.45, 2.75) is 11.9 Å². The topological polar surface area (TPSA) is 55.8 Å². The monoisotopic (exact) mass is 400 g/mol. The Balaban J connectivity index is 1.76. The minimum absolute atomic E-state index is 0.0157. The van der Waals surface area contributed by atoms with E-state index in [9.17, 15) is 13.6 Å². The number of rotatable bonds is 7. The number of hydrogen-bond acceptors (Lipinski definition) is 3. The molecule has 2 aromatic rings. The molecule has 0 aliphatic heterocycles. The average Bonchev–Trinajstić information content (AvgIpc) is 2.53. The molecule has 1 N–H and O–H groups in total. The minimum atomic E-state index is -1.32. The zero-order valence-corrected chi connectivity index (χ0v) is 14.2. The summed E-state index contributed by atoms with van der Waals surface area (Å²) >= 11 is -0.0825. The molecule has 0 unspecified atom stereocenters. The summed E-state index contributed by atoms with van der Waals surface area (Å²) in [6.07, 6.45) is 1.98. The molecule has 0 radical (unpaired) electrons. The maximum absolute atomic E-state index is 13.0. The number of carboxylic acid groups (broad SMARTS) is 1. The summed E-state index contributed by atoms with van der Waals surface area (Å²) in [5, 5.41) is 9.05. The Morgan fingerprint density at radius 2 is 1.79 bits per heavy atom. The first-order chi connectivity index (χ1) is 11.5. The normalized spacial score (nSPS) is 10.8. The Morgan fingerprint density at radius 3 is 2.42 bits per heavy atom. The summed E-state index contributed by atoms with van der Waals surface area (Å²) < 4.78 is 36.6. The van der Waals surface area contributed by atoms with E-state index in [-0.39, 0.29) is 21.6 Å². The molecule has 126 valence electrons. The van der Waals surface area contributed by atoms with Gasteiger partial charge in [-0.3, -0.25) is 0 Å². The van der Waals surface area contributed by atoms with Crippen LogP contribution in [0.3, 0.4) is 0 Å². The number of ether oxygens (including phenoxy) is 2. The van der Waals surface area contributed by atoms with Gasteiger partial charge in [-0.1, -0.05) is 0 Å². The zero-order chi connectivity index (χ0) is 17.4. The van der Waals surface area contributed by atoms with Gasteiger partial charge >= 0.3 is 143 Å². The second-order valence-corrected chi connectivity index (χ2v) is 6.90. The second-order valence-electron chi connectivity index (χ2n) is 4.60. The van der Waals surface area contributed by atoms with E-state index < -0.39 is 17.8 Å². The fourth-order valence-electron chi connectivity index (χ4n) is 1.73. The molecule has 0 aliphatic rings. The first-order valence-corrected chi connectivity index (χ1v) is 8.95. The molecule has 0 aromatic heterocycles. The van der Waals surface area contributed by atoms with Gasteiger partial charge in [-0.25, -0.2) is 0 Å². The summed E-state index contributed by atoms with van der Waals surface area (Å²) in [6.45, 7) is -0.0157. The molecule has 24 heavy (non-hydrogen) atoms. The molecule has 0 aliphatic carbocycles. The van der Waals surface area contributed by atoms with E-state index >= 15 is 0 Å². The Kier molecular flexibility index (Phi) is 6.78. The zero-order valence-electron chi connectivity index (χ0n) is 12.4. The van der Waals surface area contributed by atoms with Gasteiger partial charge in [-0.05, 0) is 0 Å². The van der Waals surface area contributed by atoms with Gasteiger partial charge in [-0.2, -0.15) is 0 Å². The predicted molar refractivity (Wildman–Crippen MR) is 85.6 cm³/mol. The molecule has 4 nitrogen and oxygen atoms in total. The third-order valence-corrected chi connectivity index (χ3v) is 4.72. The number of hydrogen-bond donors (Lipinski definition) is 1. The molecule has 0 fully saturated rings. The number of halogens is 2. The van der Waals surface area contributed by atoms with Crippen LogP contribution in [0.15, 0.2) is 54.8 Å². The number of carbonyl (C=O) groups is 1. The van der Waals surface area contributed by atoms with Gasteiger partial charge in [0.05, 0.1) is 0 Å². The molecule has 0 atom stereocenters. The van der Waals surface area contributed by atoms with Crippen LogP contribution < -0.4 is 9.20 Å². The van der Waals surface area contributed by atoms with Crippen molar-refractivity contribution < 1.29 is 28.2 Å². The van der Waals surface area contributed by atoms with Crippen LogP contribution in [0.5, 0.6) is 5.75 Å². The van der Waals surface area contributed by atoms with Gasteiger partial charge in [-0.15, -0.1) is 0 Å².